The maximum Gasteiger partial charge on any atom is 0.164 e. The summed E-state index contributed by atoms with van der Waals surface area (Å²) >= 11 is 6.67. The molecule has 0 aromatic heterocycles. The molecule has 4 heteroatoms. The SMILES string of the molecule is CCOc1ccc(C(=O)CCBr)c(CBr)c1. The monoisotopic (exact) mass is 348 g/mol. The number of hydrogen-bond donors (Lipinski definition) is 0. The highest BCUT2D eigenvalue weighted by Crippen LogP contribution is 2.21. The summed E-state index contributed by atoms with van der Waals surface area (Å²) in [6.07, 6.45) is 0.522. The van der Waals surface area contributed by atoms with Crippen molar-refractivity contribution in [3.05, 3.63) is 29.3 Å². The molecule has 0 aliphatic carbocycles. The zero-order valence-corrected chi connectivity index (χ0v) is 12.3. The molecular weight excluding hydrogens is 336 g/mol. The summed E-state index contributed by atoms with van der Waals surface area (Å²) in [5.41, 5.74) is 1.76. The van der Waals surface area contributed by atoms with E-state index in [1.807, 2.05) is 25.1 Å². The molecule has 0 spiro atoms. The second-order valence-electron chi connectivity index (χ2n) is 3.25. The predicted molar refractivity (Wildman–Crippen MR) is 73.0 cm³/mol. The van der Waals surface area contributed by atoms with Crippen molar-refractivity contribution in [2.45, 2.75) is 18.7 Å². The molecule has 2 nitrogen and oxygen atoms in total. The Hall–Kier alpha value is -0.350. The molecule has 0 atom stereocenters. The smallest absolute Gasteiger partial charge is 0.164 e. The molecule has 1 rings (SSSR count). The van der Waals surface area contributed by atoms with Crippen LogP contribution in [0, 0.1) is 0 Å². The Morgan fingerprint density at radius 1 is 1.38 bits per heavy atom. The third kappa shape index (κ3) is 3.59. The molecule has 1 aromatic rings. The first-order valence-corrected chi connectivity index (χ1v) is 7.38. The number of alkyl halides is 2. The van der Waals surface area contributed by atoms with Crippen LogP contribution in [0.1, 0.15) is 29.3 Å². The highest BCUT2D eigenvalue weighted by Gasteiger charge is 2.11. The quantitative estimate of drug-likeness (QED) is 0.574. The molecule has 1 aromatic carbocycles. The Morgan fingerprint density at radius 3 is 2.69 bits per heavy atom. The van der Waals surface area contributed by atoms with Gasteiger partial charge in [-0.3, -0.25) is 4.79 Å². The molecule has 0 heterocycles. The molecule has 16 heavy (non-hydrogen) atoms. The molecule has 0 saturated heterocycles. The summed E-state index contributed by atoms with van der Waals surface area (Å²) in [6, 6.07) is 5.60. The van der Waals surface area contributed by atoms with Gasteiger partial charge < -0.3 is 4.74 Å². The minimum atomic E-state index is 0.161. The van der Waals surface area contributed by atoms with Crippen LogP contribution >= 0.6 is 31.9 Å². The fourth-order valence-corrected chi connectivity index (χ4v) is 2.25. The topological polar surface area (TPSA) is 26.3 Å². The number of Topliss-reactive ketones (excluding diaryl/α,β-unsaturated/α-hetero) is 1. The van der Waals surface area contributed by atoms with E-state index in [0.29, 0.717) is 23.7 Å². The molecule has 0 saturated carbocycles. The van der Waals surface area contributed by atoms with Crippen LogP contribution in [0.4, 0.5) is 0 Å². The van der Waals surface area contributed by atoms with Crippen LogP contribution in [0.5, 0.6) is 5.75 Å². The van der Waals surface area contributed by atoms with E-state index in [9.17, 15) is 4.79 Å². The summed E-state index contributed by atoms with van der Waals surface area (Å²) in [5.74, 6) is 0.974. The Labute approximate surface area is 113 Å². The molecule has 0 bridgehead atoms. The first kappa shape index (κ1) is 13.7. The fourth-order valence-electron chi connectivity index (χ4n) is 1.43. The van der Waals surface area contributed by atoms with E-state index in [1.54, 1.807) is 0 Å². The van der Waals surface area contributed by atoms with Gasteiger partial charge in [-0.2, -0.15) is 0 Å². The van der Waals surface area contributed by atoms with Gasteiger partial charge in [-0.15, -0.1) is 0 Å². The van der Waals surface area contributed by atoms with Crippen LogP contribution in [-0.4, -0.2) is 17.7 Å². The van der Waals surface area contributed by atoms with E-state index in [2.05, 4.69) is 31.9 Å². The molecule has 0 aliphatic heterocycles. The summed E-state index contributed by atoms with van der Waals surface area (Å²) in [7, 11) is 0. The fraction of sp³-hybridized carbons (Fsp3) is 0.417. The molecular formula is C12H14Br2O2. The minimum Gasteiger partial charge on any atom is -0.494 e. The maximum absolute atomic E-state index is 11.8. The van der Waals surface area contributed by atoms with Crippen LogP contribution in [0.2, 0.25) is 0 Å². The first-order chi connectivity index (χ1) is 7.72. The number of hydrogen-bond acceptors (Lipinski definition) is 2. The van der Waals surface area contributed by atoms with Gasteiger partial charge in [0.05, 0.1) is 6.61 Å². The standard InChI is InChI=1S/C12H14Br2O2/c1-2-16-10-3-4-11(9(7-10)8-14)12(15)5-6-13/h3-4,7H,2,5-6,8H2,1H3. The minimum absolute atomic E-state index is 0.161. The summed E-state index contributed by atoms with van der Waals surface area (Å²) in [6.45, 7) is 2.58. The van der Waals surface area contributed by atoms with Crippen LogP contribution in [0.3, 0.4) is 0 Å². The number of halogens is 2. The van der Waals surface area contributed by atoms with Crippen LogP contribution in [0.15, 0.2) is 18.2 Å². The van der Waals surface area contributed by atoms with Crippen LogP contribution in [-0.2, 0) is 5.33 Å². The molecule has 0 fully saturated rings. The average Bonchev–Trinajstić information content (AvgIpc) is 2.29. The van der Waals surface area contributed by atoms with Crippen molar-refractivity contribution >= 4 is 37.6 Å². The van der Waals surface area contributed by atoms with E-state index in [4.69, 9.17) is 4.74 Å². The van der Waals surface area contributed by atoms with Gasteiger partial charge in [0.15, 0.2) is 5.78 Å². The largest absolute Gasteiger partial charge is 0.494 e. The lowest BCUT2D eigenvalue weighted by Crippen LogP contribution is -2.04. The average molecular weight is 350 g/mol. The van der Waals surface area contributed by atoms with Crippen molar-refractivity contribution in [1.29, 1.82) is 0 Å². The van der Waals surface area contributed by atoms with Gasteiger partial charge in [0.25, 0.3) is 0 Å². The predicted octanol–water partition coefficient (Wildman–Crippen LogP) is 3.95. The van der Waals surface area contributed by atoms with Gasteiger partial charge in [0.2, 0.25) is 0 Å². The number of rotatable bonds is 6. The van der Waals surface area contributed by atoms with Crippen LogP contribution in [0.25, 0.3) is 0 Å². The molecule has 0 amide bonds. The number of carbonyl (C=O) groups excluding carboxylic acids is 1. The summed E-state index contributed by atoms with van der Waals surface area (Å²) in [5, 5.41) is 1.36. The third-order valence-electron chi connectivity index (χ3n) is 2.15. The normalized spacial score (nSPS) is 10.2. The van der Waals surface area contributed by atoms with Gasteiger partial charge >= 0.3 is 0 Å². The zero-order valence-electron chi connectivity index (χ0n) is 9.13. The molecule has 0 radical (unpaired) electrons. The Kier molecular flexibility index (Phi) is 6.06. The number of ether oxygens (including phenoxy) is 1. The van der Waals surface area contributed by atoms with E-state index >= 15 is 0 Å². The Bertz CT molecular complexity index is 364. The number of ketones is 1. The summed E-state index contributed by atoms with van der Waals surface area (Å²) in [4.78, 5) is 11.8. The summed E-state index contributed by atoms with van der Waals surface area (Å²) < 4.78 is 5.40. The van der Waals surface area contributed by atoms with Gasteiger partial charge in [-0.25, -0.2) is 0 Å². The lowest BCUT2D eigenvalue weighted by Gasteiger charge is -2.09. The Balaban J connectivity index is 2.96. The highest BCUT2D eigenvalue weighted by atomic mass is 79.9. The molecule has 0 aliphatic rings. The van der Waals surface area contributed by atoms with Crippen molar-refractivity contribution in [2.24, 2.45) is 0 Å². The van der Waals surface area contributed by atoms with Crippen molar-refractivity contribution in [3.8, 4) is 5.75 Å². The van der Waals surface area contributed by atoms with E-state index in [1.165, 1.54) is 0 Å². The molecule has 0 N–H and O–H groups in total. The molecule has 0 unspecified atom stereocenters. The van der Waals surface area contributed by atoms with Crippen molar-refractivity contribution in [3.63, 3.8) is 0 Å². The van der Waals surface area contributed by atoms with Crippen molar-refractivity contribution in [2.75, 3.05) is 11.9 Å². The van der Waals surface area contributed by atoms with E-state index in [0.717, 1.165) is 16.9 Å². The van der Waals surface area contributed by atoms with Crippen LogP contribution < -0.4 is 4.74 Å². The second-order valence-corrected chi connectivity index (χ2v) is 4.60. The van der Waals surface area contributed by atoms with Crippen molar-refractivity contribution < 1.29 is 9.53 Å². The Morgan fingerprint density at radius 2 is 2.12 bits per heavy atom. The zero-order chi connectivity index (χ0) is 12.0. The number of benzene rings is 1. The van der Waals surface area contributed by atoms with E-state index < -0.39 is 0 Å². The maximum atomic E-state index is 11.8. The third-order valence-corrected chi connectivity index (χ3v) is 3.15. The molecule has 88 valence electrons. The lowest BCUT2D eigenvalue weighted by atomic mass is 10.0. The van der Waals surface area contributed by atoms with Gasteiger partial charge in [-0.1, -0.05) is 31.9 Å². The number of carbonyl (C=O) groups is 1. The first-order valence-electron chi connectivity index (χ1n) is 5.13. The lowest BCUT2D eigenvalue weighted by molar-refractivity contribution is 0.0989. The van der Waals surface area contributed by atoms with Crippen molar-refractivity contribution in [1.82, 2.24) is 0 Å². The van der Waals surface area contributed by atoms with Gasteiger partial charge in [0, 0.05) is 22.6 Å². The van der Waals surface area contributed by atoms with E-state index in [-0.39, 0.29) is 5.78 Å². The van der Waals surface area contributed by atoms with Gasteiger partial charge in [-0.05, 0) is 30.7 Å². The highest BCUT2D eigenvalue weighted by molar-refractivity contribution is 9.09. The second kappa shape index (κ2) is 7.07. The van der Waals surface area contributed by atoms with Gasteiger partial charge in [0.1, 0.15) is 5.75 Å².